The van der Waals surface area contributed by atoms with E-state index < -0.39 is 10.9 Å². The SMILES string of the molecule is CCOc1ccc(/C=C/C(=O)OCc2ccc([N+](=O)[O-])cc2)cc1OC. The van der Waals surface area contributed by atoms with Crippen LogP contribution in [0.1, 0.15) is 18.1 Å². The van der Waals surface area contributed by atoms with E-state index in [9.17, 15) is 14.9 Å². The summed E-state index contributed by atoms with van der Waals surface area (Å²) in [6, 6.07) is 11.2. The molecule has 7 nitrogen and oxygen atoms in total. The Morgan fingerprint density at radius 3 is 2.50 bits per heavy atom. The molecule has 0 heterocycles. The molecule has 2 rings (SSSR count). The van der Waals surface area contributed by atoms with E-state index in [0.717, 1.165) is 5.56 Å². The van der Waals surface area contributed by atoms with Crippen molar-refractivity contribution >= 4 is 17.7 Å². The van der Waals surface area contributed by atoms with Crippen molar-refractivity contribution in [3.8, 4) is 11.5 Å². The molecule has 0 spiro atoms. The molecule has 0 saturated carbocycles. The van der Waals surface area contributed by atoms with E-state index in [1.54, 1.807) is 43.5 Å². The smallest absolute Gasteiger partial charge is 0.331 e. The summed E-state index contributed by atoms with van der Waals surface area (Å²) in [5.74, 6) is 0.692. The van der Waals surface area contributed by atoms with Crippen LogP contribution < -0.4 is 9.47 Å². The Balaban J connectivity index is 1.93. The fraction of sp³-hybridized carbons (Fsp3) is 0.211. The lowest BCUT2D eigenvalue weighted by Crippen LogP contribution is -2.01. The first-order valence-electron chi connectivity index (χ1n) is 7.92. The Kier molecular flexibility index (Phi) is 6.73. The third-order valence-corrected chi connectivity index (χ3v) is 3.43. The van der Waals surface area contributed by atoms with Gasteiger partial charge in [-0.25, -0.2) is 4.79 Å². The van der Waals surface area contributed by atoms with Gasteiger partial charge in [0.1, 0.15) is 6.61 Å². The zero-order valence-electron chi connectivity index (χ0n) is 14.5. The van der Waals surface area contributed by atoms with E-state index >= 15 is 0 Å². The Labute approximate surface area is 151 Å². The largest absolute Gasteiger partial charge is 0.493 e. The number of ether oxygens (including phenoxy) is 3. The van der Waals surface area contributed by atoms with E-state index in [4.69, 9.17) is 14.2 Å². The summed E-state index contributed by atoms with van der Waals surface area (Å²) in [5, 5.41) is 10.6. The Morgan fingerprint density at radius 2 is 1.88 bits per heavy atom. The minimum atomic E-state index is -0.517. The third-order valence-electron chi connectivity index (χ3n) is 3.43. The van der Waals surface area contributed by atoms with Gasteiger partial charge in [-0.3, -0.25) is 10.1 Å². The Morgan fingerprint density at radius 1 is 1.15 bits per heavy atom. The van der Waals surface area contributed by atoms with Gasteiger partial charge in [0.25, 0.3) is 5.69 Å². The number of hydrogen-bond acceptors (Lipinski definition) is 6. The molecule has 0 atom stereocenters. The first-order valence-corrected chi connectivity index (χ1v) is 7.92. The summed E-state index contributed by atoms with van der Waals surface area (Å²) < 4.78 is 15.8. The lowest BCUT2D eigenvalue weighted by molar-refractivity contribution is -0.384. The molecule has 0 radical (unpaired) electrons. The van der Waals surface area contributed by atoms with Crippen LogP contribution in [0.2, 0.25) is 0 Å². The molecule has 0 fully saturated rings. The van der Waals surface area contributed by atoms with Crippen LogP contribution in [0.25, 0.3) is 6.08 Å². The Bertz CT molecular complexity index is 798. The van der Waals surface area contributed by atoms with E-state index in [-0.39, 0.29) is 12.3 Å². The highest BCUT2D eigenvalue weighted by Crippen LogP contribution is 2.28. The molecule has 2 aromatic rings. The van der Waals surface area contributed by atoms with Gasteiger partial charge in [-0.1, -0.05) is 6.07 Å². The molecule has 136 valence electrons. The van der Waals surface area contributed by atoms with Crippen LogP contribution in [-0.2, 0) is 16.1 Å². The van der Waals surface area contributed by atoms with Crippen molar-refractivity contribution in [3.63, 3.8) is 0 Å². The van der Waals surface area contributed by atoms with Crippen LogP contribution in [-0.4, -0.2) is 24.6 Å². The van der Waals surface area contributed by atoms with Crippen LogP contribution >= 0.6 is 0 Å². The number of methoxy groups -OCH3 is 1. The van der Waals surface area contributed by atoms with Crippen molar-refractivity contribution in [3.05, 3.63) is 69.8 Å². The van der Waals surface area contributed by atoms with Crippen molar-refractivity contribution < 1.29 is 23.9 Å². The van der Waals surface area contributed by atoms with E-state index in [0.29, 0.717) is 23.7 Å². The van der Waals surface area contributed by atoms with Crippen molar-refractivity contribution in [2.24, 2.45) is 0 Å². The number of nitro benzene ring substituents is 1. The minimum Gasteiger partial charge on any atom is -0.493 e. The summed E-state index contributed by atoms with van der Waals surface area (Å²) in [7, 11) is 1.55. The number of carbonyl (C=O) groups excluding carboxylic acids is 1. The van der Waals surface area contributed by atoms with Crippen LogP contribution in [0.15, 0.2) is 48.5 Å². The summed E-state index contributed by atoms with van der Waals surface area (Å²) in [6.07, 6.45) is 2.91. The standard InChI is InChI=1S/C19H19NO6/c1-3-25-17-10-6-14(12-18(17)24-2)7-11-19(21)26-13-15-4-8-16(9-5-15)20(22)23/h4-12H,3,13H2,1-2H3/b11-7+. The highest BCUT2D eigenvalue weighted by Gasteiger charge is 2.06. The molecule has 7 heteroatoms. The topological polar surface area (TPSA) is 87.9 Å². The van der Waals surface area contributed by atoms with Gasteiger partial charge in [0.05, 0.1) is 18.6 Å². The normalized spacial score (nSPS) is 10.5. The van der Waals surface area contributed by atoms with Crippen molar-refractivity contribution in [2.45, 2.75) is 13.5 Å². The number of benzene rings is 2. The van der Waals surface area contributed by atoms with Crippen molar-refractivity contribution in [2.75, 3.05) is 13.7 Å². The predicted octanol–water partition coefficient (Wildman–Crippen LogP) is 3.76. The summed E-state index contributed by atoms with van der Waals surface area (Å²) in [5.41, 5.74) is 1.42. The molecule has 0 unspecified atom stereocenters. The number of non-ortho nitro benzene ring substituents is 1. The van der Waals surface area contributed by atoms with Gasteiger partial charge in [0.15, 0.2) is 11.5 Å². The maximum absolute atomic E-state index is 11.8. The zero-order valence-corrected chi connectivity index (χ0v) is 14.5. The zero-order chi connectivity index (χ0) is 18.9. The van der Waals surface area contributed by atoms with E-state index in [2.05, 4.69) is 0 Å². The molecule has 26 heavy (non-hydrogen) atoms. The molecule has 2 aromatic carbocycles. The molecule has 0 aliphatic heterocycles. The van der Waals surface area contributed by atoms with Crippen LogP contribution in [0.5, 0.6) is 11.5 Å². The minimum absolute atomic E-state index is 0.00980. The lowest BCUT2D eigenvalue weighted by atomic mass is 10.2. The van der Waals surface area contributed by atoms with E-state index in [1.807, 2.05) is 6.92 Å². The number of esters is 1. The molecule has 0 bridgehead atoms. The number of hydrogen-bond donors (Lipinski definition) is 0. The number of nitrogens with zero attached hydrogens (tertiary/aromatic N) is 1. The first kappa shape index (κ1) is 19.0. The van der Waals surface area contributed by atoms with Crippen molar-refractivity contribution in [1.29, 1.82) is 0 Å². The van der Waals surface area contributed by atoms with Crippen LogP contribution in [0.3, 0.4) is 0 Å². The van der Waals surface area contributed by atoms with Crippen LogP contribution in [0, 0.1) is 10.1 Å². The molecular formula is C19H19NO6. The number of rotatable bonds is 8. The second-order valence-corrected chi connectivity index (χ2v) is 5.21. The monoisotopic (exact) mass is 357 g/mol. The molecule has 0 saturated heterocycles. The highest BCUT2D eigenvalue weighted by molar-refractivity contribution is 5.87. The second kappa shape index (κ2) is 9.22. The number of carbonyl (C=O) groups is 1. The fourth-order valence-corrected chi connectivity index (χ4v) is 2.14. The third kappa shape index (κ3) is 5.34. The molecular weight excluding hydrogens is 338 g/mol. The van der Waals surface area contributed by atoms with Gasteiger partial charge in [0.2, 0.25) is 0 Å². The lowest BCUT2D eigenvalue weighted by Gasteiger charge is -2.09. The average Bonchev–Trinajstić information content (AvgIpc) is 2.66. The van der Waals surface area contributed by atoms with Crippen LogP contribution in [0.4, 0.5) is 5.69 Å². The molecule has 0 aromatic heterocycles. The molecule has 0 amide bonds. The predicted molar refractivity (Wildman–Crippen MR) is 96.1 cm³/mol. The van der Waals surface area contributed by atoms with Gasteiger partial charge < -0.3 is 14.2 Å². The first-order chi connectivity index (χ1) is 12.5. The average molecular weight is 357 g/mol. The molecule has 0 N–H and O–H groups in total. The van der Waals surface area contributed by atoms with Crippen molar-refractivity contribution in [1.82, 2.24) is 0 Å². The van der Waals surface area contributed by atoms with Gasteiger partial charge >= 0.3 is 5.97 Å². The maximum Gasteiger partial charge on any atom is 0.331 e. The van der Waals surface area contributed by atoms with Gasteiger partial charge in [-0.2, -0.15) is 0 Å². The summed E-state index contributed by atoms with van der Waals surface area (Å²) in [6.45, 7) is 2.45. The molecule has 0 aliphatic rings. The summed E-state index contributed by atoms with van der Waals surface area (Å²) >= 11 is 0. The van der Waals surface area contributed by atoms with Gasteiger partial charge in [-0.05, 0) is 48.4 Å². The quantitative estimate of drug-likeness (QED) is 0.309. The highest BCUT2D eigenvalue weighted by atomic mass is 16.6. The second-order valence-electron chi connectivity index (χ2n) is 5.21. The fourth-order valence-electron chi connectivity index (χ4n) is 2.14. The van der Waals surface area contributed by atoms with Gasteiger partial charge in [0, 0.05) is 18.2 Å². The Hall–Kier alpha value is -3.35. The van der Waals surface area contributed by atoms with Gasteiger partial charge in [-0.15, -0.1) is 0 Å². The number of nitro groups is 1. The van der Waals surface area contributed by atoms with E-state index in [1.165, 1.54) is 18.2 Å². The summed E-state index contributed by atoms with van der Waals surface area (Å²) in [4.78, 5) is 21.9. The maximum atomic E-state index is 11.8. The molecule has 0 aliphatic carbocycles.